The van der Waals surface area contributed by atoms with Gasteiger partial charge < -0.3 is 30.3 Å². The first kappa shape index (κ1) is 37.4. The molecule has 1 aliphatic carbocycles. The summed E-state index contributed by atoms with van der Waals surface area (Å²) >= 11 is 0. The number of benzene rings is 1. The van der Waals surface area contributed by atoms with Gasteiger partial charge in [-0.05, 0) is 68.2 Å². The van der Waals surface area contributed by atoms with Crippen LogP contribution in [0.25, 0.3) is 5.65 Å². The fraction of sp³-hybridized carbons (Fsp3) is 0.525. The van der Waals surface area contributed by atoms with E-state index >= 15 is 0 Å². The van der Waals surface area contributed by atoms with Crippen LogP contribution >= 0.6 is 0 Å². The van der Waals surface area contributed by atoms with Crippen molar-refractivity contribution >= 4 is 29.1 Å². The second-order valence-corrected chi connectivity index (χ2v) is 15.7. The first-order valence-corrected chi connectivity index (χ1v) is 19.4. The second kappa shape index (κ2) is 16.6. The van der Waals surface area contributed by atoms with Crippen molar-refractivity contribution in [2.45, 2.75) is 90.5 Å². The second-order valence-electron chi connectivity index (χ2n) is 15.7. The lowest BCUT2D eigenvalue weighted by Crippen LogP contribution is -2.42. The van der Waals surface area contributed by atoms with Gasteiger partial charge in [-0.25, -0.2) is 9.79 Å². The Morgan fingerprint density at radius 1 is 0.963 bits per heavy atom. The summed E-state index contributed by atoms with van der Waals surface area (Å²) in [5.74, 6) is 1.96. The van der Waals surface area contributed by atoms with Crippen LogP contribution in [0.15, 0.2) is 71.8 Å². The van der Waals surface area contributed by atoms with Crippen LogP contribution in [0.2, 0.25) is 0 Å². The highest BCUT2D eigenvalue weighted by atomic mass is 16.5. The van der Waals surface area contributed by atoms with Gasteiger partial charge in [0.05, 0.1) is 37.3 Å². The topological polar surface area (TPSA) is 152 Å². The van der Waals surface area contributed by atoms with Crippen LogP contribution < -0.4 is 26.0 Å². The number of allylic oxidation sites excluding steroid dienone is 1. The smallest absolute Gasteiger partial charge is 0.320 e. The molecule has 0 spiro atoms. The first-order valence-electron chi connectivity index (χ1n) is 19.4. The zero-order valence-electron chi connectivity index (χ0n) is 32.1. The van der Waals surface area contributed by atoms with E-state index in [0.717, 1.165) is 99.8 Å². The van der Waals surface area contributed by atoms with Crippen molar-refractivity contribution in [3.8, 4) is 5.75 Å². The van der Waals surface area contributed by atoms with E-state index in [2.05, 4.69) is 47.9 Å². The van der Waals surface area contributed by atoms with Crippen molar-refractivity contribution < 1.29 is 14.3 Å². The monoisotopic (exact) mass is 737 g/mol. The highest BCUT2D eigenvalue weighted by molar-refractivity contribution is 6.05. The number of pyridine rings is 1. The number of carbonyl (C=O) groups is 1. The normalized spacial score (nSPS) is 20.6. The van der Waals surface area contributed by atoms with Gasteiger partial charge in [-0.1, -0.05) is 45.0 Å². The summed E-state index contributed by atoms with van der Waals surface area (Å²) in [5.41, 5.74) is 10.3. The lowest BCUT2D eigenvalue weighted by Gasteiger charge is -2.32. The van der Waals surface area contributed by atoms with Gasteiger partial charge in [0.2, 0.25) is 5.95 Å². The Morgan fingerprint density at radius 3 is 2.50 bits per heavy atom. The number of amides is 2. The number of hydrogen-bond donors (Lipinski definition) is 3. The first-order chi connectivity index (χ1) is 26.1. The highest BCUT2D eigenvalue weighted by Gasteiger charge is 2.30. The average Bonchev–Trinajstić information content (AvgIpc) is 3.81. The number of anilines is 1. The number of amidine groups is 1. The SMILES string of the molecule is COC1CCN(CCn2cc(N=C(C=C(N)C(C)(C)C)NC(=O)NC3CCC(Oc4ccc5nnc(N6CCCCC6)n5c4)c4ccccc43)cn2)CC1. The maximum atomic E-state index is 13.7. The lowest BCUT2D eigenvalue weighted by atomic mass is 9.85. The molecule has 2 amide bonds. The van der Waals surface area contributed by atoms with Gasteiger partial charge in [-0.15, -0.1) is 10.2 Å². The number of hydrogen-bond acceptors (Lipinski definition) is 10. The lowest BCUT2D eigenvalue weighted by molar-refractivity contribution is 0.0400. The van der Waals surface area contributed by atoms with Gasteiger partial charge in [-0.2, -0.15) is 5.10 Å². The average molecular weight is 738 g/mol. The van der Waals surface area contributed by atoms with E-state index in [9.17, 15) is 4.79 Å². The molecule has 3 aromatic heterocycles. The van der Waals surface area contributed by atoms with Crippen molar-refractivity contribution in [3.05, 3.63) is 77.9 Å². The quantitative estimate of drug-likeness (QED) is 0.133. The van der Waals surface area contributed by atoms with Gasteiger partial charge in [0.15, 0.2) is 5.65 Å². The van der Waals surface area contributed by atoms with Gasteiger partial charge in [0.1, 0.15) is 23.4 Å². The van der Waals surface area contributed by atoms with Gasteiger partial charge in [-0.3, -0.25) is 14.4 Å². The van der Waals surface area contributed by atoms with E-state index in [1.807, 2.05) is 66.5 Å². The Bertz CT molecular complexity index is 1950. The molecule has 4 N–H and O–H groups in total. The van der Waals surface area contributed by atoms with E-state index in [0.29, 0.717) is 29.7 Å². The third kappa shape index (κ3) is 9.04. The standard InChI is InChI=1S/C40H55N11O3/c1-40(2,3)35(41)24-36(43-28-25-42-50(26-28)23-22-48-20-16-29(53-4)17-21-48)45-38(52)44-33-13-14-34(32-11-7-6-10-31(32)33)54-30-12-15-37-46-47-39(51(37)27-30)49-18-8-5-9-19-49/h6-7,10-12,15,24-27,29,33-34H,5,8-9,13-14,16-23,41H2,1-4H3,(H2,43,44,45,52). The number of nitrogens with one attached hydrogen (secondary N) is 2. The molecular weight excluding hydrogens is 683 g/mol. The Kier molecular flexibility index (Phi) is 11.5. The van der Waals surface area contributed by atoms with Crippen LogP contribution in [0.4, 0.5) is 16.4 Å². The molecule has 4 aromatic rings. The number of carbonyl (C=O) groups excluding carboxylic acids is 1. The molecule has 2 atom stereocenters. The Labute approximate surface area is 317 Å². The Morgan fingerprint density at radius 2 is 1.74 bits per heavy atom. The molecule has 5 heterocycles. The van der Waals surface area contributed by atoms with Crippen LogP contribution in [-0.2, 0) is 11.3 Å². The van der Waals surface area contributed by atoms with Crippen molar-refractivity contribution in [2.75, 3.05) is 44.7 Å². The molecule has 14 heteroatoms. The predicted molar refractivity (Wildman–Crippen MR) is 210 cm³/mol. The number of nitrogens with zero attached hydrogens (tertiary/aromatic N) is 8. The highest BCUT2D eigenvalue weighted by Crippen LogP contribution is 2.39. The molecule has 0 saturated carbocycles. The van der Waals surface area contributed by atoms with E-state index in [1.54, 1.807) is 19.4 Å². The maximum absolute atomic E-state index is 13.7. The molecule has 0 radical (unpaired) electrons. The molecule has 1 aromatic carbocycles. The molecule has 0 bridgehead atoms. The third-order valence-corrected chi connectivity index (χ3v) is 10.8. The molecule has 2 saturated heterocycles. The number of likely N-dealkylation sites (tertiary alicyclic amines) is 1. The zero-order valence-corrected chi connectivity index (χ0v) is 32.1. The van der Waals surface area contributed by atoms with Crippen LogP contribution in [-0.4, -0.2) is 87.1 Å². The Hall–Kier alpha value is -4.95. The number of methoxy groups -OCH3 is 1. The van der Waals surface area contributed by atoms with Crippen molar-refractivity contribution in [3.63, 3.8) is 0 Å². The minimum atomic E-state index is -0.360. The van der Waals surface area contributed by atoms with Crippen molar-refractivity contribution in [2.24, 2.45) is 16.1 Å². The molecule has 2 fully saturated rings. The minimum absolute atomic E-state index is 0.171. The number of ether oxygens (including phenoxy) is 2. The van der Waals surface area contributed by atoms with Crippen LogP contribution in [0.5, 0.6) is 5.75 Å². The Balaban J connectivity index is 1.02. The van der Waals surface area contributed by atoms with Crippen LogP contribution in [0.1, 0.15) is 89.0 Å². The molecule has 2 unspecified atom stereocenters. The molecule has 288 valence electrons. The number of nitrogens with two attached hydrogens (primary N) is 1. The number of fused-ring (bicyclic) bond motifs is 2. The molecule has 2 aliphatic heterocycles. The summed E-state index contributed by atoms with van der Waals surface area (Å²) in [6.45, 7) is 11.7. The van der Waals surface area contributed by atoms with E-state index in [-0.39, 0.29) is 23.6 Å². The summed E-state index contributed by atoms with van der Waals surface area (Å²) in [6.07, 6.45) is 14.6. The van der Waals surface area contributed by atoms with Gasteiger partial charge in [0.25, 0.3) is 0 Å². The fourth-order valence-corrected chi connectivity index (χ4v) is 7.48. The number of aliphatic imine (C=N–C) groups is 1. The summed E-state index contributed by atoms with van der Waals surface area (Å²) in [7, 11) is 1.79. The number of aromatic nitrogens is 5. The summed E-state index contributed by atoms with van der Waals surface area (Å²) in [4.78, 5) is 23.2. The number of rotatable bonds is 10. The van der Waals surface area contributed by atoms with Crippen LogP contribution in [0.3, 0.4) is 0 Å². The largest absolute Gasteiger partial charge is 0.484 e. The third-order valence-electron chi connectivity index (χ3n) is 10.8. The predicted octanol–water partition coefficient (Wildman–Crippen LogP) is 5.90. The van der Waals surface area contributed by atoms with Gasteiger partial charge >= 0.3 is 6.03 Å². The number of urea groups is 1. The molecule has 54 heavy (non-hydrogen) atoms. The minimum Gasteiger partial charge on any atom is -0.484 e. The van der Waals surface area contributed by atoms with Crippen molar-refractivity contribution in [1.29, 1.82) is 0 Å². The molecule has 7 rings (SSSR count). The van der Waals surface area contributed by atoms with E-state index in [4.69, 9.17) is 20.2 Å². The number of piperidine rings is 2. The molecular formula is C40H55N11O3. The zero-order chi connectivity index (χ0) is 37.7. The van der Waals surface area contributed by atoms with Crippen LogP contribution in [0, 0.1) is 5.41 Å². The summed E-state index contributed by atoms with van der Waals surface area (Å²) < 4.78 is 16.1. The maximum Gasteiger partial charge on any atom is 0.320 e. The van der Waals surface area contributed by atoms with E-state index in [1.165, 1.54) is 6.42 Å². The van der Waals surface area contributed by atoms with Crippen molar-refractivity contribution in [1.82, 2.24) is 39.9 Å². The van der Waals surface area contributed by atoms with E-state index < -0.39 is 0 Å². The molecule has 3 aliphatic rings. The summed E-state index contributed by atoms with van der Waals surface area (Å²) in [6, 6.07) is 11.5. The van der Waals surface area contributed by atoms with Gasteiger partial charge in [0, 0.05) is 57.0 Å². The summed E-state index contributed by atoms with van der Waals surface area (Å²) in [5, 5.41) is 19.6. The molecule has 14 nitrogen and oxygen atoms in total. The fourth-order valence-electron chi connectivity index (χ4n) is 7.48.